The van der Waals surface area contributed by atoms with E-state index in [0.29, 0.717) is 11.3 Å². The first-order valence-corrected chi connectivity index (χ1v) is 9.66. The zero-order chi connectivity index (χ0) is 16.1. The second kappa shape index (κ2) is 13.3. The predicted molar refractivity (Wildman–Crippen MR) is 98.6 cm³/mol. The van der Waals surface area contributed by atoms with Crippen molar-refractivity contribution >= 4 is 17.7 Å². The summed E-state index contributed by atoms with van der Waals surface area (Å²) in [6.45, 7) is 16.3. The molecule has 0 aliphatic heterocycles. The molecule has 0 aromatic heterocycles. The number of hydrogen-bond donors (Lipinski definition) is 2. The maximum absolute atomic E-state index is 4.66. The summed E-state index contributed by atoms with van der Waals surface area (Å²) in [4.78, 5) is 7.14. The predicted octanol–water partition coefficient (Wildman–Crippen LogP) is 2.80. The number of aliphatic imine (C=N–C) groups is 1. The zero-order valence-electron chi connectivity index (χ0n) is 14.9. The molecule has 0 saturated heterocycles. The Morgan fingerprint density at radius 3 is 2.38 bits per heavy atom. The maximum atomic E-state index is 4.66. The lowest BCUT2D eigenvalue weighted by atomic mass is 10.2. The van der Waals surface area contributed by atoms with Gasteiger partial charge in [0.2, 0.25) is 0 Å². The Kier molecular flexibility index (Phi) is 13.0. The van der Waals surface area contributed by atoms with Crippen molar-refractivity contribution in [2.75, 3.05) is 39.0 Å². The molecule has 0 heterocycles. The van der Waals surface area contributed by atoms with Crippen molar-refractivity contribution in [3.8, 4) is 0 Å². The highest BCUT2D eigenvalue weighted by atomic mass is 32.2. The van der Waals surface area contributed by atoms with Crippen LogP contribution in [-0.2, 0) is 0 Å². The van der Waals surface area contributed by atoms with Crippen molar-refractivity contribution in [3.05, 3.63) is 0 Å². The second-order valence-corrected chi connectivity index (χ2v) is 6.76. The normalized spacial score (nSPS) is 15.1. The van der Waals surface area contributed by atoms with Gasteiger partial charge in [0.15, 0.2) is 5.96 Å². The van der Waals surface area contributed by atoms with Gasteiger partial charge in [0.05, 0.1) is 6.54 Å². The van der Waals surface area contributed by atoms with Crippen LogP contribution in [0.4, 0.5) is 0 Å². The van der Waals surface area contributed by atoms with Crippen molar-refractivity contribution in [1.82, 2.24) is 15.5 Å². The molecule has 0 bridgehead atoms. The second-order valence-electron chi connectivity index (χ2n) is 5.48. The van der Waals surface area contributed by atoms with E-state index >= 15 is 0 Å². The molecule has 126 valence electrons. The Morgan fingerprint density at radius 1 is 1.19 bits per heavy atom. The number of nitrogens with zero attached hydrogens (tertiary/aromatic N) is 2. The summed E-state index contributed by atoms with van der Waals surface area (Å²) in [5.41, 5.74) is 0. The van der Waals surface area contributed by atoms with Crippen LogP contribution in [0.25, 0.3) is 0 Å². The highest BCUT2D eigenvalue weighted by Crippen LogP contribution is 2.05. The van der Waals surface area contributed by atoms with E-state index in [9.17, 15) is 0 Å². The van der Waals surface area contributed by atoms with Crippen LogP contribution in [0.1, 0.15) is 47.5 Å². The highest BCUT2D eigenvalue weighted by Gasteiger charge is 2.07. The van der Waals surface area contributed by atoms with E-state index in [2.05, 4.69) is 61.4 Å². The molecule has 0 aromatic carbocycles. The van der Waals surface area contributed by atoms with Crippen LogP contribution in [-0.4, -0.2) is 61.1 Å². The molecule has 5 heteroatoms. The fraction of sp³-hybridized carbons (Fsp3) is 0.938. The largest absolute Gasteiger partial charge is 0.357 e. The van der Waals surface area contributed by atoms with E-state index in [1.165, 1.54) is 19.4 Å². The summed E-state index contributed by atoms with van der Waals surface area (Å²) >= 11 is 1.86. The third-order valence-corrected chi connectivity index (χ3v) is 4.60. The summed E-state index contributed by atoms with van der Waals surface area (Å²) in [5.74, 6) is 0.953. The lowest BCUT2D eigenvalue weighted by Gasteiger charge is -2.21. The summed E-state index contributed by atoms with van der Waals surface area (Å²) in [6, 6.07) is 0.461. The standard InChI is InChI=1S/C16H36N4S/c1-7-17-16(18-13-15(5)21-6)19-14(4)11-10-12-20(8-2)9-3/h14-15H,7-13H2,1-6H3,(H2,17,18,19). The van der Waals surface area contributed by atoms with Gasteiger partial charge in [-0.1, -0.05) is 20.8 Å². The van der Waals surface area contributed by atoms with E-state index in [0.717, 1.165) is 32.1 Å². The van der Waals surface area contributed by atoms with Gasteiger partial charge in [-0.3, -0.25) is 4.99 Å². The summed E-state index contributed by atoms with van der Waals surface area (Å²) < 4.78 is 0. The van der Waals surface area contributed by atoms with Crippen LogP contribution < -0.4 is 10.6 Å². The lowest BCUT2D eigenvalue weighted by molar-refractivity contribution is 0.292. The Labute approximate surface area is 136 Å². The van der Waals surface area contributed by atoms with Crippen LogP contribution in [0.5, 0.6) is 0 Å². The minimum absolute atomic E-state index is 0.461. The first-order valence-electron chi connectivity index (χ1n) is 8.37. The SMILES string of the molecule is CCNC(=NCC(C)SC)NC(C)CCCN(CC)CC. The van der Waals surface area contributed by atoms with Crippen molar-refractivity contribution in [1.29, 1.82) is 0 Å². The first-order chi connectivity index (χ1) is 10.1. The molecule has 0 rings (SSSR count). The summed E-state index contributed by atoms with van der Waals surface area (Å²) in [7, 11) is 0. The van der Waals surface area contributed by atoms with E-state index in [-0.39, 0.29) is 0 Å². The zero-order valence-corrected chi connectivity index (χ0v) is 15.7. The minimum atomic E-state index is 0.461. The van der Waals surface area contributed by atoms with Crippen molar-refractivity contribution in [3.63, 3.8) is 0 Å². The van der Waals surface area contributed by atoms with Gasteiger partial charge in [-0.25, -0.2) is 0 Å². The number of guanidine groups is 1. The molecular weight excluding hydrogens is 280 g/mol. The van der Waals surface area contributed by atoms with Gasteiger partial charge in [-0.05, 0) is 52.6 Å². The third-order valence-electron chi connectivity index (χ3n) is 3.64. The van der Waals surface area contributed by atoms with Gasteiger partial charge in [0, 0.05) is 17.8 Å². The van der Waals surface area contributed by atoms with Crippen molar-refractivity contribution in [2.45, 2.75) is 58.8 Å². The van der Waals surface area contributed by atoms with Crippen molar-refractivity contribution in [2.24, 2.45) is 4.99 Å². The third kappa shape index (κ3) is 10.9. The maximum Gasteiger partial charge on any atom is 0.191 e. The fourth-order valence-corrected chi connectivity index (χ4v) is 2.30. The van der Waals surface area contributed by atoms with Crippen LogP contribution in [0.3, 0.4) is 0 Å². The van der Waals surface area contributed by atoms with Gasteiger partial charge in [-0.15, -0.1) is 0 Å². The highest BCUT2D eigenvalue weighted by molar-refractivity contribution is 7.99. The van der Waals surface area contributed by atoms with Crippen LogP contribution in [0.15, 0.2) is 4.99 Å². The molecule has 2 atom stereocenters. The van der Waals surface area contributed by atoms with Gasteiger partial charge in [0.25, 0.3) is 0 Å². The molecule has 0 radical (unpaired) electrons. The number of nitrogens with one attached hydrogen (secondary N) is 2. The molecule has 0 spiro atoms. The molecule has 2 unspecified atom stereocenters. The lowest BCUT2D eigenvalue weighted by Crippen LogP contribution is -2.42. The fourth-order valence-electron chi connectivity index (χ4n) is 2.08. The number of thioether (sulfide) groups is 1. The molecule has 0 aromatic rings. The van der Waals surface area contributed by atoms with Gasteiger partial charge in [-0.2, -0.15) is 11.8 Å². The van der Waals surface area contributed by atoms with E-state index < -0.39 is 0 Å². The molecule has 0 amide bonds. The smallest absolute Gasteiger partial charge is 0.191 e. The Bertz CT molecular complexity index is 267. The van der Waals surface area contributed by atoms with E-state index in [1.807, 2.05) is 11.8 Å². The monoisotopic (exact) mass is 316 g/mol. The van der Waals surface area contributed by atoms with Gasteiger partial charge in [0.1, 0.15) is 0 Å². The van der Waals surface area contributed by atoms with Crippen molar-refractivity contribution < 1.29 is 0 Å². The van der Waals surface area contributed by atoms with E-state index in [4.69, 9.17) is 0 Å². The molecule has 0 fully saturated rings. The average Bonchev–Trinajstić information content (AvgIpc) is 2.49. The quantitative estimate of drug-likeness (QED) is 0.454. The Balaban J connectivity index is 4.12. The number of hydrogen-bond acceptors (Lipinski definition) is 3. The molecule has 0 aliphatic rings. The van der Waals surface area contributed by atoms with Crippen LogP contribution in [0.2, 0.25) is 0 Å². The number of rotatable bonds is 11. The molecule has 0 aliphatic carbocycles. The Morgan fingerprint density at radius 2 is 1.86 bits per heavy atom. The molecular formula is C16H36N4S. The topological polar surface area (TPSA) is 39.7 Å². The molecule has 2 N–H and O–H groups in total. The first kappa shape index (κ1) is 20.6. The summed E-state index contributed by atoms with van der Waals surface area (Å²) in [6.07, 6.45) is 4.55. The average molecular weight is 317 g/mol. The Hall–Kier alpha value is -0.420. The molecule has 0 saturated carbocycles. The van der Waals surface area contributed by atoms with E-state index in [1.54, 1.807) is 0 Å². The van der Waals surface area contributed by atoms with Gasteiger partial charge < -0.3 is 15.5 Å². The summed E-state index contributed by atoms with van der Waals surface area (Å²) in [5, 5.41) is 7.42. The minimum Gasteiger partial charge on any atom is -0.357 e. The molecule has 4 nitrogen and oxygen atoms in total. The van der Waals surface area contributed by atoms with Crippen LogP contribution >= 0.6 is 11.8 Å². The van der Waals surface area contributed by atoms with Gasteiger partial charge >= 0.3 is 0 Å². The van der Waals surface area contributed by atoms with Crippen LogP contribution in [0, 0.1) is 0 Å². The molecule has 21 heavy (non-hydrogen) atoms.